The number of nitrogens with two attached hydrogens (primary N) is 1. The SMILES string of the molecule is COc1ccc(C(=O)N2c3ccccc3C(n3c4ccccc4c4ccccc43)CC2CCCN)cc1. The Balaban J connectivity index is 1.52. The van der Waals surface area contributed by atoms with Gasteiger partial charge in [-0.3, -0.25) is 4.79 Å². The molecule has 0 saturated carbocycles. The second kappa shape index (κ2) is 9.75. The molecule has 1 aliphatic rings. The maximum atomic E-state index is 14.0. The summed E-state index contributed by atoms with van der Waals surface area (Å²) in [5, 5.41) is 2.51. The summed E-state index contributed by atoms with van der Waals surface area (Å²) in [6, 6.07) is 33.1. The van der Waals surface area contributed by atoms with Crippen molar-refractivity contribution in [2.45, 2.75) is 31.3 Å². The third-order valence-corrected chi connectivity index (χ3v) is 7.64. The van der Waals surface area contributed by atoms with E-state index in [-0.39, 0.29) is 18.0 Å². The number of amides is 1. The van der Waals surface area contributed by atoms with Crippen LogP contribution in [0.4, 0.5) is 5.69 Å². The zero-order chi connectivity index (χ0) is 25.4. The number of nitrogens with zero attached hydrogens (tertiary/aromatic N) is 2. The maximum absolute atomic E-state index is 14.0. The molecule has 0 saturated heterocycles. The second-order valence-corrected chi connectivity index (χ2v) is 9.70. The Morgan fingerprint density at radius 3 is 2.14 bits per heavy atom. The fourth-order valence-electron chi connectivity index (χ4n) is 5.96. The molecule has 2 atom stereocenters. The normalized spacial score (nSPS) is 17.2. The Kier molecular flexibility index (Phi) is 6.15. The molecule has 6 rings (SSSR count). The zero-order valence-electron chi connectivity index (χ0n) is 21.0. The molecule has 0 spiro atoms. The summed E-state index contributed by atoms with van der Waals surface area (Å²) in [6.45, 7) is 0.600. The van der Waals surface area contributed by atoms with Gasteiger partial charge in [0.05, 0.1) is 13.2 Å². The van der Waals surface area contributed by atoms with E-state index in [0.717, 1.165) is 30.7 Å². The van der Waals surface area contributed by atoms with Crippen LogP contribution in [0.25, 0.3) is 21.8 Å². The van der Waals surface area contributed by atoms with E-state index < -0.39 is 0 Å². The van der Waals surface area contributed by atoms with Crippen LogP contribution < -0.4 is 15.4 Å². The highest BCUT2D eigenvalue weighted by Gasteiger charge is 2.37. The molecule has 4 aromatic carbocycles. The Morgan fingerprint density at radius 2 is 1.49 bits per heavy atom. The van der Waals surface area contributed by atoms with E-state index in [1.807, 2.05) is 35.2 Å². The van der Waals surface area contributed by atoms with Crippen molar-refractivity contribution in [1.82, 2.24) is 4.57 Å². The highest BCUT2D eigenvalue weighted by molar-refractivity contribution is 6.09. The van der Waals surface area contributed by atoms with Crippen LogP contribution in [0, 0.1) is 0 Å². The summed E-state index contributed by atoms with van der Waals surface area (Å²) >= 11 is 0. The van der Waals surface area contributed by atoms with Crippen molar-refractivity contribution >= 4 is 33.4 Å². The van der Waals surface area contributed by atoms with E-state index in [2.05, 4.69) is 71.3 Å². The molecule has 5 heteroatoms. The van der Waals surface area contributed by atoms with Gasteiger partial charge in [-0.05, 0) is 73.8 Å². The highest BCUT2D eigenvalue weighted by atomic mass is 16.5. The number of carbonyl (C=O) groups is 1. The van der Waals surface area contributed by atoms with Gasteiger partial charge in [0.15, 0.2) is 0 Å². The van der Waals surface area contributed by atoms with E-state index in [0.29, 0.717) is 12.1 Å². The van der Waals surface area contributed by atoms with Crippen molar-refractivity contribution < 1.29 is 9.53 Å². The molecule has 5 nitrogen and oxygen atoms in total. The molecular weight excluding hydrogens is 458 g/mol. The van der Waals surface area contributed by atoms with Gasteiger partial charge in [-0.1, -0.05) is 54.6 Å². The molecule has 0 fully saturated rings. The summed E-state index contributed by atoms with van der Waals surface area (Å²) < 4.78 is 7.79. The number of ether oxygens (including phenoxy) is 1. The Morgan fingerprint density at radius 1 is 0.865 bits per heavy atom. The first kappa shape index (κ1) is 23.3. The first-order valence-corrected chi connectivity index (χ1v) is 13.0. The number of para-hydroxylation sites is 3. The van der Waals surface area contributed by atoms with Gasteiger partial charge in [0, 0.05) is 39.1 Å². The standard InChI is InChI=1S/C32H31N3O2/c1-37-24-18-16-22(17-19-24)32(36)34-23(9-8-20-33)21-31(27-12-4-7-15-30(27)34)35-28-13-5-2-10-25(28)26-11-3-6-14-29(26)35/h2-7,10-19,23,31H,8-9,20-21,33H2,1H3. The van der Waals surface area contributed by atoms with Gasteiger partial charge >= 0.3 is 0 Å². The Labute approximate surface area is 217 Å². The van der Waals surface area contributed by atoms with Crippen molar-refractivity contribution in [3.63, 3.8) is 0 Å². The molecule has 1 aliphatic heterocycles. The van der Waals surface area contributed by atoms with E-state index in [9.17, 15) is 4.79 Å². The predicted molar refractivity (Wildman–Crippen MR) is 151 cm³/mol. The molecule has 1 amide bonds. The Hall–Kier alpha value is -4.09. The molecule has 2 heterocycles. The quantitative estimate of drug-likeness (QED) is 0.294. The van der Waals surface area contributed by atoms with Gasteiger partial charge in [-0.2, -0.15) is 0 Å². The minimum Gasteiger partial charge on any atom is -0.497 e. The van der Waals surface area contributed by atoms with Crippen molar-refractivity contribution in [3.05, 3.63) is 108 Å². The topological polar surface area (TPSA) is 60.5 Å². The van der Waals surface area contributed by atoms with Crippen molar-refractivity contribution in [3.8, 4) is 5.75 Å². The summed E-state index contributed by atoms with van der Waals surface area (Å²) in [7, 11) is 1.63. The minimum atomic E-state index is 0.0118. The predicted octanol–water partition coefficient (Wildman–Crippen LogP) is 6.55. The van der Waals surface area contributed by atoms with Crippen molar-refractivity contribution in [2.24, 2.45) is 5.73 Å². The van der Waals surface area contributed by atoms with Gasteiger partial charge in [-0.15, -0.1) is 0 Å². The number of rotatable bonds is 6. The summed E-state index contributed by atoms with van der Waals surface area (Å²) in [4.78, 5) is 16.0. The minimum absolute atomic E-state index is 0.0118. The smallest absolute Gasteiger partial charge is 0.258 e. The largest absolute Gasteiger partial charge is 0.497 e. The van der Waals surface area contributed by atoms with Crippen LogP contribution in [-0.2, 0) is 0 Å². The molecule has 2 N–H and O–H groups in total. The monoisotopic (exact) mass is 489 g/mol. The molecule has 37 heavy (non-hydrogen) atoms. The third kappa shape index (κ3) is 3.96. The number of hydrogen-bond acceptors (Lipinski definition) is 3. The van der Waals surface area contributed by atoms with E-state index in [1.165, 1.54) is 27.4 Å². The van der Waals surface area contributed by atoms with Crippen LogP contribution in [0.2, 0.25) is 0 Å². The van der Waals surface area contributed by atoms with Gasteiger partial charge in [0.25, 0.3) is 5.91 Å². The fourth-order valence-corrected chi connectivity index (χ4v) is 5.96. The molecule has 186 valence electrons. The third-order valence-electron chi connectivity index (χ3n) is 7.64. The average Bonchev–Trinajstić information content (AvgIpc) is 3.29. The number of benzene rings is 4. The van der Waals surface area contributed by atoms with Crippen LogP contribution >= 0.6 is 0 Å². The summed E-state index contributed by atoms with van der Waals surface area (Å²) in [6.07, 6.45) is 2.53. The number of aromatic nitrogens is 1. The summed E-state index contributed by atoms with van der Waals surface area (Å²) in [5.41, 5.74) is 11.2. The fraction of sp³-hybridized carbons (Fsp3) is 0.219. The first-order valence-electron chi connectivity index (χ1n) is 13.0. The van der Waals surface area contributed by atoms with Crippen molar-refractivity contribution in [1.29, 1.82) is 0 Å². The summed E-state index contributed by atoms with van der Waals surface area (Å²) in [5.74, 6) is 0.750. The molecule has 0 aliphatic carbocycles. The lowest BCUT2D eigenvalue weighted by Gasteiger charge is -2.42. The second-order valence-electron chi connectivity index (χ2n) is 9.70. The van der Waals surface area contributed by atoms with Crippen LogP contribution in [0.1, 0.15) is 41.2 Å². The van der Waals surface area contributed by atoms with Crippen LogP contribution in [-0.4, -0.2) is 30.2 Å². The average molecular weight is 490 g/mol. The van der Waals surface area contributed by atoms with Crippen LogP contribution in [0.5, 0.6) is 5.75 Å². The maximum Gasteiger partial charge on any atom is 0.258 e. The van der Waals surface area contributed by atoms with Crippen molar-refractivity contribution in [2.75, 3.05) is 18.6 Å². The lowest BCUT2D eigenvalue weighted by Crippen LogP contribution is -2.46. The van der Waals surface area contributed by atoms with Gasteiger partial charge in [0.1, 0.15) is 5.75 Å². The van der Waals surface area contributed by atoms with E-state index in [4.69, 9.17) is 10.5 Å². The van der Waals surface area contributed by atoms with Crippen LogP contribution in [0.3, 0.4) is 0 Å². The number of anilines is 1. The van der Waals surface area contributed by atoms with Crippen LogP contribution in [0.15, 0.2) is 97.1 Å². The molecule has 5 aromatic rings. The number of methoxy groups -OCH3 is 1. The molecule has 0 radical (unpaired) electrons. The number of carbonyl (C=O) groups excluding carboxylic acids is 1. The highest BCUT2D eigenvalue weighted by Crippen LogP contribution is 2.44. The van der Waals surface area contributed by atoms with Gasteiger partial charge < -0.3 is 19.9 Å². The lowest BCUT2D eigenvalue weighted by molar-refractivity contribution is 0.0968. The lowest BCUT2D eigenvalue weighted by atomic mass is 9.87. The molecular formula is C32H31N3O2. The van der Waals surface area contributed by atoms with E-state index in [1.54, 1.807) is 7.11 Å². The number of fused-ring (bicyclic) bond motifs is 4. The molecule has 0 bridgehead atoms. The molecule has 1 aromatic heterocycles. The Bertz CT molecular complexity index is 1520. The first-order chi connectivity index (χ1) is 18.2. The van der Waals surface area contributed by atoms with Gasteiger partial charge in [-0.25, -0.2) is 0 Å². The number of hydrogen-bond donors (Lipinski definition) is 1. The van der Waals surface area contributed by atoms with E-state index >= 15 is 0 Å². The zero-order valence-corrected chi connectivity index (χ0v) is 21.0. The molecule has 2 unspecified atom stereocenters. The van der Waals surface area contributed by atoms with Gasteiger partial charge in [0.2, 0.25) is 0 Å².